The number of fused-ring (bicyclic) bond motifs is 2. The number of aromatic amines is 1. The summed E-state index contributed by atoms with van der Waals surface area (Å²) >= 11 is 1.64. The molecule has 1 amide bonds. The summed E-state index contributed by atoms with van der Waals surface area (Å²) in [6.45, 7) is 1.29. The number of hydrogen-bond acceptors (Lipinski definition) is 5. The number of anilines is 1. The minimum absolute atomic E-state index is 0.0418. The number of nitrogens with one attached hydrogen (secondary N) is 2. The van der Waals surface area contributed by atoms with Gasteiger partial charge in [-0.15, -0.1) is 0 Å². The van der Waals surface area contributed by atoms with Crippen molar-refractivity contribution in [1.29, 1.82) is 0 Å². The van der Waals surface area contributed by atoms with Crippen LogP contribution in [0.15, 0.2) is 30.3 Å². The number of thiazole rings is 1. The SMILES string of the molecule is O=C(c1cc2ccccc2[nH]1)N1CCc2nc(N[C@H]3CCC[C@@H](O)C3)sc2C1. The van der Waals surface area contributed by atoms with Gasteiger partial charge in [0.1, 0.15) is 5.69 Å². The Labute approximate surface area is 167 Å². The summed E-state index contributed by atoms with van der Waals surface area (Å²) in [7, 11) is 0. The van der Waals surface area contributed by atoms with Crippen molar-refractivity contribution in [2.75, 3.05) is 11.9 Å². The van der Waals surface area contributed by atoms with Crippen LogP contribution >= 0.6 is 11.3 Å². The minimum Gasteiger partial charge on any atom is -0.393 e. The molecule has 0 saturated heterocycles. The van der Waals surface area contributed by atoms with Crippen molar-refractivity contribution in [3.8, 4) is 0 Å². The third kappa shape index (κ3) is 3.40. The number of benzene rings is 1. The van der Waals surface area contributed by atoms with Gasteiger partial charge in [0, 0.05) is 34.8 Å². The largest absolute Gasteiger partial charge is 0.393 e. The van der Waals surface area contributed by atoms with E-state index in [4.69, 9.17) is 4.98 Å². The number of carbonyl (C=O) groups is 1. The first-order valence-electron chi connectivity index (χ1n) is 9.96. The molecule has 7 heteroatoms. The Morgan fingerprint density at radius 2 is 2.21 bits per heavy atom. The van der Waals surface area contributed by atoms with Crippen molar-refractivity contribution >= 4 is 33.3 Å². The number of aromatic nitrogens is 2. The van der Waals surface area contributed by atoms with E-state index in [1.54, 1.807) is 11.3 Å². The van der Waals surface area contributed by atoms with Crippen LogP contribution in [0.3, 0.4) is 0 Å². The normalized spacial score (nSPS) is 22.2. The van der Waals surface area contributed by atoms with Crippen LogP contribution in [0.25, 0.3) is 10.9 Å². The molecule has 6 nitrogen and oxygen atoms in total. The second-order valence-electron chi connectivity index (χ2n) is 7.80. The number of amides is 1. The van der Waals surface area contributed by atoms with E-state index in [1.165, 1.54) is 0 Å². The standard InChI is InChI=1S/C21H24N4O2S/c26-15-6-3-5-14(11-15)22-21-24-17-8-9-25(12-19(17)28-21)20(27)18-10-13-4-1-2-7-16(13)23-18/h1-2,4,7,10,14-15,23,26H,3,5-6,8-9,11-12H2,(H,22,24)/t14-,15+/m0/s1. The second-order valence-corrected chi connectivity index (χ2v) is 8.88. The van der Waals surface area contributed by atoms with E-state index in [0.717, 1.165) is 58.7 Å². The van der Waals surface area contributed by atoms with Crippen LogP contribution in [0.4, 0.5) is 5.13 Å². The molecule has 2 atom stereocenters. The van der Waals surface area contributed by atoms with Gasteiger partial charge in [-0.1, -0.05) is 29.5 Å². The zero-order valence-electron chi connectivity index (χ0n) is 15.6. The first kappa shape index (κ1) is 17.7. The first-order valence-corrected chi connectivity index (χ1v) is 10.8. The lowest BCUT2D eigenvalue weighted by Gasteiger charge is -2.26. The van der Waals surface area contributed by atoms with Gasteiger partial charge in [0.2, 0.25) is 0 Å². The van der Waals surface area contributed by atoms with E-state index in [0.29, 0.717) is 24.8 Å². The molecule has 1 aliphatic heterocycles. The number of aliphatic hydroxyl groups excluding tert-OH is 1. The highest BCUT2D eigenvalue weighted by Gasteiger charge is 2.27. The van der Waals surface area contributed by atoms with E-state index in [-0.39, 0.29) is 12.0 Å². The van der Waals surface area contributed by atoms with Crippen LogP contribution in [0.2, 0.25) is 0 Å². The molecule has 146 valence electrons. The number of H-pyrrole nitrogens is 1. The number of rotatable bonds is 3. The fourth-order valence-electron chi connectivity index (χ4n) is 4.26. The van der Waals surface area contributed by atoms with E-state index in [1.807, 2.05) is 35.2 Å². The lowest BCUT2D eigenvalue weighted by atomic mass is 9.93. The van der Waals surface area contributed by atoms with Crippen LogP contribution < -0.4 is 5.32 Å². The molecule has 3 N–H and O–H groups in total. The van der Waals surface area contributed by atoms with Gasteiger partial charge in [-0.3, -0.25) is 4.79 Å². The van der Waals surface area contributed by atoms with Gasteiger partial charge in [-0.25, -0.2) is 4.98 Å². The van der Waals surface area contributed by atoms with Crippen molar-refractivity contribution in [3.05, 3.63) is 46.6 Å². The fourth-order valence-corrected chi connectivity index (χ4v) is 5.36. The summed E-state index contributed by atoms with van der Waals surface area (Å²) in [5.74, 6) is 0.0418. The summed E-state index contributed by atoms with van der Waals surface area (Å²) in [5, 5.41) is 15.4. The molecule has 2 aliphatic rings. The molecular weight excluding hydrogens is 372 g/mol. The van der Waals surface area contributed by atoms with E-state index in [2.05, 4.69) is 10.3 Å². The zero-order valence-corrected chi connectivity index (χ0v) is 16.5. The van der Waals surface area contributed by atoms with Gasteiger partial charge in [0.25, 0.3) is 5.91 Å². The van der Waals surface area contributed by atoms with Crippen molar-refractivity contribution in [1.82, 2.24) is 14.9 Å². The van der Waals surface area contributed by atoms with Gasteiger partial charge in [-0.2, -0.15) is 0 Å². The summed E-state index contributed by atoms with van der Waals surface area (Å²) in [5.41, 5.74) is 2.73. The van der Waals surface area contributed by atoms with Gasteiger partial charge in [0.15, 0.2) is 5.13 Å². The molecule has 0 radical (unpaired) electrons. The van der Waals surface area contributed by atoms with Crippen LogP contribution in [-0.4, -0.2) is 44.6 Å². The molecule has 1 aliphatic carbocycles. The van der Waals surface area contributed by atoms with E-state index in [9.17, 15) is 9.90 Å². The molecule has 1 saturated carbocycles. The fraction of sp³-hybridized carbons (Fsp3) is 0.429. The topological polar surface area (TPSA) is 81.2 Å². The zero-order chi connectivity index (χ0) is 19.1. The molecule has 3 heterocycles. The van der Waals surface area contributed by atoms with Gasteiger partial charge < -0.3 is 20.3 Å². The maximum Gasteiger partial charge on any atom is 0.270 e. The van der Waals surface area contributed by atoms with Crippen molar-refractivity contribution in [2.45, 2.75) is 50.8 Å². The van der Waals surface area contributed by atoms with E-state index < -0.39 is 0 Å². The molecular formula is C21H24N4O2S. The number of para-hydroxylation sites is 1. The molecule has 0 spiro atoms. The average Bonchev–Trinajstić information content (AvgIpc) is 3.30. The predicted molar refractivity (Wildman–Crippen MR) is 111 cm³/mol. The Hall–Kier alpha value is -2.38. The summed E-state index contributed by atoms with van der Waals surface area (Å²) in [6.07, 6.45) is 4.40. The molecule has 3 aromatic rings. The summed E-state index contributed by atoms with van der Waals surface area (Å²) < 4.78 is 0. The summed E-state index contributed by atoms with van der Waals surface area (Å²) in [6, 6.07) is 10.2. The molecule has 1 fully saturated rings. The lowest BCUT2D eigenvalue weighted by Crippen LogP contribution is -2.35. The third-order valence-electron chi connectivity index (χ3n) is 5.75. The van der Waals surface area contributed by atoms with E-state index >= 15 is 0 Å². The lowest BCUT2D eigenvalue weighted by molar-refractivity contribution is 0.0731. The minimum atomic E-state index is -0.203. The number of carbonyl (C=O) groups excluding carboxylic acids is 1. The second kappa shape index (κ2) is 7.22. The molecule has 28 heavy (non-hydrogen) atoms. The van der Waals surface area contributed by atoms with Crippen molar-refractivity contribution in [3.63, 3.8) is 0 Å². The van der Waals surface area contributed by atoms with Crippen LogP contribution in [-0.2, 0) is 13.0 Å². The van der Waals surface area contributed by atoms with Crippen molar-refractivity contribution in [2.24, 2.45) is 0 Å². The Morgan fingerprint density at radius 3 is 3.07 bits per heavy atom. The number of hydrogen-bond donors (Lipinski definition) is 3. The molecule has 2 aromatic heterocycles. The quantitative estimate of drug-likeness (QED) is 0.633. The first-order chi connectivity index (χ1) is 13.7. The molecule has 0 unspecified atom stereocenters. The Kier molecular flexibility index (Phi) is 4.56. The van der Waals surface area contributed by atoms with Gasteiger partial charge in [0.05, 0.1) is 18.3 Å². The smallest absolute Gasteiger partial charge is 0.270 e. The highest BCUT2D eigenvalue weighted by atomic mass is 32.1. The van der Waals surface area contributed by atoms with Crippen molar-refractivity contribution < 1.29 is 9.90 Å². The van der Waals surface area contributed by atoms with Gasteiger partial charge in [-0.05, 0) is 37.8 Å². The molecule has 0 bridgehead atoms. The predicted octanol–water partition coefficient (Wildman–Crippen LogP) is 3.54. The highest BCUT2D eigenvalue weighted by Crippen LogP contribution is 2.31. The summed E-state index contributed by atoms with van der Waals surface area (Å²) in [4.78, 5) is 24.0. The van der Waals surface area contributed by atoms with Crippen LogP contribution in [0.5, 0.6) is 0 Å². The maximum atomic E-state index is 13.0. The number of nitrogens with zero attached hydrogens (tertiary/aromatic N) is 2. The van der Waals surface area contributed by atoms with Crippen LogP contribution in [0.1, 0.15) is 46.7 Å². The monoisotopic (exact) mass is 396 g/mol. The average molecular weight is 397 g/mol. The Morgan fingerprint density at radius 1 is 1.32 bits per heavy atom. The highest BCUT2D eigenvalue weighted by molar-refractivity contribution is 7.15. The maximum absolute atomic E-state index is 13.0. The number of aliphatic hydroxyl groups is 1. The van der Waals surface area contributed by atoms with Crippen LogP contribution in [0, 0.1) is 0 Å². The molecule has 5 rings (SSSR count). The Balaban J connectivity index is 1.29. The Bertz CT molecular complexity index is 978. The third-order valence-corrected chi connectivity index (χ3v) is 6.77. The van der Waals surface area contributed by atoms with Gasteiger partial charge >= 0.3 is 0 Å². The molecule has 1 aromatic carbocycles.